The molecule has 3 aromatic heterocycles. The van der Waals surface area contributed by atoms with Crippen molar-refractivity contribution in [3.05, 3.63) is 83.2 Å². The second-order valence-corrected chi connectivity index (χ2v) is 25.5. The third-order valence-corrected chi connectivity index (χ3v) is 19.8. The topological polar surface area (TPSA) is 215 Å². The fourth-order valence-corrected chi connectivity index (χ4v) is 15.1. The van der Waals surface area contributed by atoms with E-state index in [0.717, 1.165) is 124 Å². The maximum atomic E-state index is 14.4. The quantitative estimate of drug-likeness (QED) is 0.0761. The first kappa shape index (κ1) is 55.8. The van der Waals surface area contributed by atoms with Crippen molar-refractivity contribution in [2.24, 2.45) is 11.8 Å². The standard InChI is InChI=1S/C61H82N12O7S/c1-37(2)57(61(77)73-33-46(74)27-53(73)60(76)64-38(3)41-9-11-42(12-10-41)58-39(4)63-36-81-58)55-29-56(67-80-55)69-21-17-48(18-22-69)79-47-15-19-68(20-16-47)30-40-25-45(26-40)70-23-24-78-49(34-70)35-72-43-13-14-44(72)32-71(31-43)52-28-51(65-66-59(52)62)50-7-5-6-8-54(50)75/h5-12,28-29,36-38,40,43-49,53,57,74-75H,13-27,30-35H2,1-4H3,(H2,62,66)(H,64,76)/t38-,40-,43?,44?,45+,46+,49+,53-,57+/m0/s1. The molecule has 6 aliphatic heterocycles. The molecule has 5 aromatic rings. The predicted molar refractivity (Wildman–Crippen MR) is 312 cm³/mol. The summed E-state index contributed by atoms with van der Waals surface area (Å²) in [6, 6.07) is 19.7. The van der Waals surface area contributed by atoms with E-state index in [1.807, 2.05) is 87.8 Å². The molecule has 9 heterocycles. The minimum Gasteiger partial charge on any atom is -0.507 e. The number of carbonyl (C=O) groups is 2. The number of para-hydroxylation sites is 1. The largest absolute Gasteiger partial charge is 0.507 e. The number of aryl methyl sites for hydroxylation is 1. The Morgan fingerprint density at radius 1 is 0.840 bits per heavy atom. The summed E-state index contributed by atoms with van der Waals surface area (Å²) in [6.45, 7) is 18.5. The molecule has 6 saturated heterocycles. The number of aliphatic hydroxyl groups is 1. The summed E-state index contributed by atoms with van der Waals surface area (Å²) in [6.07, 6.45) is 8.88. The van der Waals surface area contributed by atoms with Gasteiger partial charge in [-0.05, 0) is 106 Å². The number of phenolic OH excluding ortho intramolecular Hbond substituents is 1. The monoisotopic (exact) mass is 1130 g/mol. The van der Waals surface area contributed by atoms with Crippen molar-refractivity contribution in [1.29, 1.82) is 0 Å². The lowest BCUT2D eigenvalue weighted by Crippen LogP contribution is -2.59. The summed E-state index contributed by atoms with van der Waals surface area (Å²) in [4.78, 5) is 48.0. The molecule has 0 radical (unpaired) electrons. The normalized spacial score (nSPS) is 27.0. The van der Waals surface area contributed by atoms with Crippen molar-refractivity contribution in [2.45, 2.75) is 146 Å². The number of phenols is 1. The highest BCUT2D eigenvalue weighted by Gasteiger charge is 2.46. The van der Waals surface area contributed by atoms with Crippen molar-refractivity contribution in [2.75, 3.05) is 94.1 Å². The van der Waals surface area contributed by atoms with Crippen LogP contribution in [0.4, 0.5) is 17.3 Å². The molecule has 7 fully saturated rings. The zero-order valence-electron chi connectivity index (χ0n) is 47.5. The number of rotatable bonds is 17. The van der Waals surface area contributed by atoms with E-state index in [1.54, 1.807) is 17.4 Å². The molecule has 1 saturated carbocycles. The van der Waals surface area contributed by atoms with Crippen molar-refractivity contribution in [1.82, 2.24) is 45.3 Å². The van der Waals surface area contributed by atoms with Crippen LogP contribution in [0.2, 0.25) is 0 Å². The number of fused-ring (bicyclic) bond motifs is 2. The van der Waals surface area contributed by atoms with Crippen molar-refractivity contribution >= 4 is 40.5 Å². The Labute approximate surface area is 480 Å². The van der Waals surface area contributed by atoms with Crippen LogP contribution in [0, 0.1) is 18.8 Å². The zero-order chi connectivity index (χ0) is 55.9. The summed E-state index contributed by atoms with van der Waals surface area (Å²) in [5.74, 6) is 1.25. The third-order valence-electron chi connectivity index (χ3n) is 18.9. The number of aromatic nitrogens is 4. The number of hydrogen-bond donors (Lipinski definition) is 4. The van der Waals surface area contributed by atoms with E-state index in [4.69, 9.17) is 19.7 Å². The summed E-state index contributed by atoms with van der Waals surface area (Å²) < 4.78 is 19.2. The van der Waals surface area contributed by atoms with Gasteiger partial charge in [0.05, 0.1) is 64.5 Å². The highest BCUT2D eigenvalue weighted by Crippen LogP contribution is 2.40. The number of likely N-dealkylation sites (tertiary alicyclic amines) is 2. The van der Waals surface area contributed by atoms with Crippen LogP contribution in [0.1, 0.15) is 108 Å². The van der Waals surface area contributed by atoms with E-state index in [9.17, 15) is 19.8 Å². The summed E-state index contributed by atoms with van der Waals surface area (Å²) in [5.41, 5.74) is 13.5. The number of piperidine rings is 2. The van der Waals surface area contributed by atoms with Gasteiger partial charge < -0.3 is 54.9 Å². The number of thiazole rings is 1. The Bertz CT molecular complexity index is 2940. The molecule has 20 heteroatoms. The van der Waals surface area contributed by atoms with E-state index in [-0.39, 0.29) is 60.8 Å². The average Bonchev–Trinajstić information content (AvgIpc) is 4.46. The molecule has 7 aliphatic rings. The van der Waals surface area contributed by atoms with Crippen LogP contribution in [-0.4, -0.2) is 189 Å². The van der Waals surface area contributed by atoms with E-state index in [0.29, 0.717) is 46.8 Å². The van der Waals surface area contributed by atoms with E-state index >= 15 is 0 Å². The fourth-order valence-electron chi connectivity index (χ4n) is 14.3. The number of hydrogen-bond acceptors (Lipinski definition) is 18. The molecule has 81 heavy (non-hydrogen) atoms. The van der Waals surface area contributed by atoms with Crippen LogP contribution in [0.15, 0.2) is 70.7 Å². The number of benzene rings is 2. The lowest BCUT2D eigenvalue weighted by molar-refractivity contribution is -0.141. The average molecular weight is 1130 g/mol. The number of aromatic hydroxyl groups is 1. The van der Waals surface area contributed by atoms with Crippen molar-refractivity contribution in [3.63, 3.8) is 0 Å². The Kier molecular flexibility index (Phi) is 16.7. The van der Waals surface area contributed by atoms with Gasteiger partial charge in [0, 0.05) is 108 Å². The molecule has 12 rings (SSSR count). The molecule has 2 unspecified atom stereocenters. The zero-order valence-corrected chi connectivity index (χ0v) is 48.3. The first-order chi connectivity index (χ1) is 39.3. The Morgan fingerprint density at radius 3 is 2.27 bits per heavy atom. The molecule has 2 aromatic carbocycles. The van der Waals surface area contributed by atoms with E-state index in [2.05, 4.69) is 50.2 Å². The second-order valence-electron chi connectivity index (χ2n) is 24.6. The number of morpholine rings is 1. The number of anilines is 3. The number of amides is 2. The lowest BCUT2D eigenvalue weighted by atomic mass is 9.78. The number of piperazine rings is 1. The highest BCUT2D eigenvalue weighted by molar-refractivity contribution is 7.13. The molecule has 2 amide bonds. The molecule has 7 atom stereocenters. The molecule has 1 aliphatic carbocycles. The van der Waals surface area contributed by atoms with Gasteiger partial charge in [0.2, 0.25) is 11.8 Å². The van der Waals surface area contributed by atoms with Gasteiger partial charge in [0.15, 0.2) is 17.4 Å². The second kappa shape index (κ2) is 24.2. The highest BCUT2D eigenvalue weighted by atomic mass is 32.1. The first-order valence-electron chi connectivity index (χ1n) is 29.9. The third kappa shape index (κ3) is 12.2. The number of β-amino-alcohol motifs (C(OH)–C–C–N with tert-alkyl or cyclic N) is 1. The molecule has 19 nitrogen and oxygen atoms in total. The van der Waals surface area contributed by atoms with Crippen LogP contribution in [0.3, 0.4) is 0 Å². The summed E-state index contributed by atoms with van der Waals surface area (Å²) in [7, 11) is 0. The van der Waals surface area contributed by atoms with Crippen LogP contribution in [0.25, 0.3) is 21.7 Å². The fraction of sp³-hybridized carbons (Fsp3) is 0.607. The first-order valence-corrected chi connectivity index (χ1v) is 30.8. The predicted octanol–water partition coefficient (Wildman–Crippen LogP) is 6.71. The smallest absolute Gasteiger partial charge is 0.243 e. The minimum absolute atomic E-state index is 0.0851. The van der Waals surface area contributed by atoms with Gasteiger partial charge in [-0.15, -0.1) is 21.5 Å². The number of nitrogens with one attached hydrogen (secondary N) is 1. The maximum Gasteiger partial charge on any atom is 0.243 e. The number of nitrogen functional groups attached to an aromatic ring is 1. The SMILES string of the molecule is Cc1ncsc1-c1ccc([C@H](C)NC(=O)[C@@H]2C[C@@H](O)CN2C(=O)[C@@H](c2cc(N3CCC(OC4CCN(C[C@H]5C[C@@H](N6CCO[C@@H](CN7C8CCC7CN(c7cc(-c9ccccc9O)nnc7N)C8)C6)C5)CC4)CC3)no2)C(C)C)cc1. The van der Waals surface area contributed by atoms with Crippen LogP contribution < -0.4 is 20.9 Å². The van der Waals surface area contributed by atoms with Crippen LogP contribution in [0.5, 0.6) is 5.75 Å². The molecular formula is C61H82N12O7S. The number of nitrogens with two attached hydrogens (primary N) is 1. The van der Waals surface area contributed by atoms with Gasteiger partial charge in [0.25, 0.3) is 0 Å². The van der Waals surface area contributed by atoms with Gasteiger partial charge in [0.1, 0.15) is 17.7 Å². The molecule has 5 N–H and O–H groups in total. The Morgan fingerprint density at radius 2 is 1.57 bits per heavy atom. The van der Waals surface area contributed by atoms with Gasteiger partial charge in [-0.3, -0.25) is 19.4 Å². The van der Waals surface area contributed by atoms with E-state index < -0.39 is 18.1 Å². The number of ether oxygens (including phenoxy) is 2. The van der Waals surface area contributed by atoms with Crippen molar-refractivity contribution < 1.29 is 33.8 Å². The Balaban J connectivity index is 0.554. The number of carbonyl (C=O) groups excluding carboxylic acids is 2. The maximum absolute atomic E-state index is 14.4. The van der Waals surface area contributed by atoms with Gasteiger partial charge >= 0.3 is 0 Å². The van der Waals surface area contributed by atoms with Gasteiger partial charge in [-0.2, -0.15) is 0 Å². The Hall–Kier alpha value is -5.74. The van der Waals surface area contributed by atoms with Crippen molar-refractivity contribution in [3.8, 4) is 27.4 Å². The summed E-state index contributed by atoms with van der Waals surface area (Å²) >= 11 is 1.60. The molecule has 2 bridgehead atoms. The lowest BCUT2D eigenvalue weighted by Gasteiger charge is -2.49. The summed E-state index contributed by atoms with van der Waals surface area (Å²) in [5, 5.41) is 37.5. The van der Waals surface area contributed by atoms with Crippen LogP contribution >= 0.6 is 11.3 Å². The number of nitrogens with zero attached hydrogens (tertiary/aromatic N) is 10. The van der Waals surface area contributed by atoms with Gasteiger partial charge in [-0.25, -0.2) is 4.98 Å². The van der Waals surface area contributed by atoms with Gasteiger partial charge in [-0.1, -0.05) is 55.4 Å². The minimum atomic E-state index is -0.802. The van der Waals surface area contributed by atoms with E-state index in [1.165, 1.54) is 37.1 Å². The number of aliphatic hydroxyl groups excluding tert-OH is 1. The molecule has 0 spiro atoms. The molecular weight excluding hydrogens is 1040 g/mol. The molecule has 434 valence electrons. The van der Waals surface area contributed by atoms with Crippen LogP contribution in [-0.2, 0) is 19.1 Å².